The highest BCUT2D eigenvalue weighted by Crippen LogP contribution is 2.35. The number of ether oxygens (including phenoxy) is 2. The van der Waals surface area contributed by atoms with Gasteiger partial charge >= 0.3 is 5.97 Å². The molecule has 0 bridgehead atoms. The monoisotopic (exact) mass is 248 g/mol. The lowest BCUT2D eigenvalue weighted by Gasteiger charge is -2.15. The molecule has 0 spiro atoms. The van der Waals surface area contributed by atoms with Crippen LogP contribution in [0.4, 0.5) is 0 Å². The molecule has 0 unspecified atom stereocenters. The number of cyclic esters (lactones) is 1. The summed E-state index contributed by atoms with van der Waals surface area (Å²) < 4.78 is 12.0. The first-order valence-electron chi connectivity index (χ1n) is 5.43. The fraction of sp³-hybridized carbons (Fsp3) is 0.308. The topological polar surface area (TPSA) is 35.5 Å². The number of benzene rings is 1. The average molecular weight is 248 g/mol. The number of hydrogen-bond acceptors (Lipinski definition) is 4. The van der Waals surface area contributed by atoms with E-state index in [1.54, 1.807) is 25.2 Å². The first-order chi connectivity index (χ1) is 8.05. The number of hydrogen-bond donors (Lipinski definition) is 0. The largest absolute Gasteiger partial charge is 0.431 e. The molecule has 88 valence electrons. The quantitative estimate of drug-likeness (QED) is 0.727. The molecule has 0 radical (unpaired) electrons. The summed E-state index contributed by atoms with van der Waals surface area (Å²) in [4.78, 5) is 11.7. The van der Waals surface area contributed by atoms with Crippen LogP contribution < -0.4 is 0 Å². The lowest BCUT2D eigenvalue weighted by molar-refractivity contribution is -0.160. The van der Waals surface area contributed by atoms with Crippen molar-refractivity contribution in [3.63, 3.8) is 0 Å². The van der Waals surface area contributed by atoms with Crippen LogP contribution in [0.2, 0.25) is 0 Å². The Hall–Kier alpha value is -1.39. The molecule has 1 fully saturated rings. The second kappa shape index (κ2) is 3.55. The molecule has 1 aromatic heterocycles. The zero-order valence-corrected chi connectivity index (χ0v) is 10.4. The zero-order chi connectivity index (χ0) is 12.0. The van der Waals surface area contributed by atoms with E-state index in [0.717, 1.165) is 10.9 Å². The van der Waals surface area contributed by atoms with E-state index >= 15 is 0 Å². The highest BCUT2D eigenvalue weighted by Gasteiger charge is 2.41. The molecule has 4 heteroatoms. The fourth-order valence-corrected chi connectivity index (χ4v) is 2.78. The van der Waals surface area contributed by atoms with Gasteiger partial charge in [-0.2, -0.15) is 0 Å². The molecule has 1 atom stereocenters. The highest BCUT2D eigenvalue weighted by atomic mass is 32.1. The molecule has 0 amide bonds. The van der Waals surface area contributed by atoms with Gasteiger partial charge in [0.25, 0.3) is 0 Å². The van der Waals surface area contributed by atoms with Crippen LogP contribution in [0.25, 0.3) is 10.1 Å². The van der Waals surface area contributed by atoms with Crippen molar-refractivity contribution in [3.8, 4) is 0 Å². The van der Waals surface area contributed by atoms with Crippen LogP contribution in [0.3, 0.4) is 0 Å². The van der Waals surface area contributed by atoms with Crippen molar-refractivity contribution < 1.29 is 14.3 Å². The molecule has 2 aromatic rings. The molecule has 0 aliphatic carbocycles. The van der Waals surface area contributed by atoms with Gasteiger partial charge in [0.05, 0.1) is 0 Å². The van der Waals surface area contributed by atoms with Crippen LogP contribution in [-0.2, 0) is 14.3 Å². The van der Waals surface area contributed by atoms with E-state index in [-0.39, 0.29) is 5.97 Å². The van der Waals surface area contributed by atoms with Gasteiger partial charge in [0, 0.05) is 18.5 Å². The summed E-state index contributed by atoms with van der Waals surface area (Å²) in [6, 6.07) is 7.96. The highest BCUT2D eigenvalue weighted by molar-refractivity contribution is 7.17. The summed E-state index contributed by atoms with van der Waals surface area (Å²) in [6.45, 7) is 3.49. The van der Waals surface area contributed by atoms with Gasteiger partial charge in [-0.1, -0.05) is 6.07 Å². The standard InChI is InChI=1S/C13H12O3S/c1-13(2)15-11(12(14)16-13)9-3-4-10-8(7-9)5-6-17-10/h3-7,11H,1-2H3/t11-/m1/s1. The zero-order valence-electron chi connectivity index (χ0n) is 9.60. The van der Waals surface area contributed by atoms with Gasteiger partial charge in [-0.25, -0.2) is 4.79 Å². The third-order valence-corrected chi connectivity index (χ3v) is 3.64. The predicted molar refractivity (Wildman–Crippen MR) is 65.8 cm³/mol. The molecule has 1 aromatic carbocycles. The predicted octanol–water partition coefficient (Wildman–Crippen LogP) is 3.25. The van der Waals surface area contributed by atoms with E-state index < -0.39 is 11.9 Å². The Balaban J connectivity index is 2.01. The van der Waals surface area contributed by atoms with Crippen molar-refractivity contribution in [3.05, 3.63) is 35.2 Å². The Bertz CT molecular complexity index is 585. The third kappa shape index (κ3) is 1.83. The van der Waals surface area contributed by atoms with Crippen LogP contribution >= 0.6 is 11.3 Å². The first kappa shape index (κ1) is 10.7. The molecular weight excluding hydrogens is 236 g/mol. The Morgan fingerprint density at radius 3 is 2.82 bits per heavy atom. The normalized spacial score (nSPS) is 22.9. The molecule has 3 nitrogen and oxygen atoms in total. The summed E-state index contributed by atoms with van der Waals surface area (Å²) >= 11 is 1.68. The van der Waals surface area contributed by atoms with Gasteiger partial charge in [-0.3, -0.25) is 0 Å². The average Bonchev–Trinajstić information content (AvgIpc) is 2.81. The lowest BCUT2D eigenvalue weighted by Crippen LogP contribution is -2.20. The second-order valence-electron chi connectivity index (χ2n) is 4.54. The van der Waals surface area contributed by atoms with E-state index in [9.17, 15) is 4.79 Å². The smallest absolute Gasteiger partial charge is 0.342 e. The van der Waals surface area contributed by atoms with E-state index in [1.165, 1.54) is 4.70 Å². The number of carbonyl (C=O) groups is 1. The van der Waals surface area contributed by atoms with Crippen LogP contribution in [0, 0.1) is 0 Å². The maximum Gasteiger partial charge on any atom is 0.342 e. The van der Waals surface area contributed by atoms with Crippen molar-refractivity contribution in [1.82, 2.24) is 0 Å². The SMILES string of the molecule is CC1(C)OC(=O)[C@@H](c2ccc3sccc3c2)O1. The fourth-order valence-electron chi connectivity index (χ4n) is 2.00. The number of esters is 1. The van der Waals surface area contributed by atoms with Gasteiger partial charge in [0.2, 0.25) is 5.79 Å². The number of carbonyl (C=O) groups excluding carboxylic acids is 1. The molecule has 2 heterocycles. The van der Waals surface area contributed by atoms with Crippen LogP contribution in [0.1, 0.15) is 25.5 Å². The maximum absolute atomic E-state index is 11.7. The van der Waals surface area contributed by atoms with Crippen molar-refractivity contribution in [2.75, 3.05) is 0 Å². The van der Waals surface area contributed by atoms with Gasteiger partial charge in [0.1, 0.15) is 0 Å². The van der Waals surface area contributed by atoms with Crippen LogP contribution in [-0.4, -0.2) is 11.8 Å². The summed E-state index contributed by atoms with van der Waals surface area (Å²) in [5, 5.41) is 3.17. The van der Waals surface area contributed by atoms with E-state index in [4.69, 9.17) is 9.47 Å². The van der Waals surface area contributed by atoms with Gasteiger partial charge in [-0.15, -0.1) is 11.3 Å². The summed E-state index contributed by atoms with van der Waals surface area (Å²) in [7, 11) is 0. The summed E-state index contributed by atoms with van der Waals surface area (Å²) in [5.41, 5.74) is 0.853. The number of thiophene rings is 1. The van der Waals surface area contributed by atoms with Crippen molar-refractivity contribution in [2.45, 2.75) is 25.7 Å². The van der Waals surface area contributed by atoms with Gasteiger partial charge in [0.15, 0.2) is 6.10 Å². The number of fused-ring (bicyclic) bond motifs is 1. The van der Waals surface area contributed by atoms with E-state index in [2.05, 4.69) is 0 Å². The molecule has 1 saturated heterocycles. The van der Waals surface area contributed by atoms with Gasteiger partial charge < -0.3 is 9.47 Å². The van der Waals surface area contributed by atoms with Gasteiger partial charge in [-0.05, 0) is 34.5 Å². The third-order valence-electron chi connectivity index (χ3n) is 2.74. The Kier molecular flexibility index (Phi) is 2.24. The molecule has 0 N–H and O–H groups in total. The Labute approximate surface area is 103 Å². The van der Waals surface area contributed by atoms with Crippen molar-refractivity contribution in [1.29, 1.82) is 0 Å². The summed E-state index contributed by atoms with van der Waals surface area (Å²) in [5.74, 6) is -1.14. The molecule has 1 aliphatic heterocycles. The minimum atomic E-state index is -0.828. The van der Waals surface area contributed by atoms with Crippen LogP contribution in [0.5, 0.6) is 0 Å². The maximum atomic E-state index is 11.7. The molecular formula is C13H12O3S. The summed E-state index contributed by atoms with van der Waals surface area (Å²) in [6.07, 6.45) is -0.603. The molecule has 17 heavy (non-hydrogen) atoms. The second-order valence-corrected chi connectivity index (χ2v) is 5.48. The Morgan fingerprint density at radius 1 is 1.29 bits per heavy atom. The number of rotatable bonds is 1. The van der Waals surface area contributed by atoms with E-state index in [1.807, 2.05) is 29.6 Å². The first-order valence-corrected chi connectivity index (χ1v) is 6.31. The van der Waals surface area contributed by atoms with Crippen molar-refractivity contribution in [2.24, 2.45) is 0 Å². The molecule has 1 aliphatic rings. The minimum absolute atomic E-state index is 0.315. The van der Waals surface area contributed by atoms with Crippen LogP contribution in [0.15, 0.2) is 29.6 Å². The lowest BCUT2D eigenvalue weighted by atomic mass is 10.1. The Morgan fingerprint density at radius 2 is 2.12 bits per heavy atom. The van der Waals surface area contributed by atoms with Crippen molar-refractivity contribution >= 4 is 27.4 Å². The minimum Gasteiger partial charge on any atom is -0.431 e. The van der Waals surface area contributed by atoms with E-state index in [0.29, 0.717) is 0 Å². The molecule has 0 saturated carbocycles. The molecule has 3 rings (SSSR count).